The predicted molar refractivity (Wildman–Crippen MR) is 110 cm³/mol. The first-order valence-electron chi connectivity index (χ1n) is 9.46. The van der Waals surface area contributed by atoms with Gasteiger partial charge in [-0.3, -0.25) is 4.79 Å². The number of hydrogen-bond donors (Lipinski definition) is 2. The normalized spacial score (nSPS) is 14.3. The molecule has 1 aliphatic rings. The van der Waals surface area contributed by atoms with Crippen molar-refractivity contribution in [3.05, 3.63) is 52.9 Å². The largest absolute Gasteiger partial charge is 0.361 e. The molecule has 0 saturated heterocycles. The molecule has 0 atom stereocenters. The number of H-pyrrole nitrogens is 1. The number of para-hydroxylation sites is 1. The number of aromatic nitrogens is 3. The molecular formula is C21H20N4O2S. The zero-order valence-electron chi connectivity index (χ0n) is 15.5. The Morgan fingerprint density at radius 2 is 2.21 bits per heavy atom. The summed E-state index contributed by atoms with van der Waals surface area (Å²) in [5.74, 6) is 1.71. The maximum Gasteiger partial charge on any atom is 0.230 e. The van der Waals surface area contributed by atoms with Crippen LogP contribution in [-0.4, -0.2) is 21.0 Å². The second-order valence-electron chi connectivity index (χ2n) is 7.25. The van der Waals surface area contributed by atoms with Gasteiger partial charge in [-0.1, -0.05) is 29.8 Å². The maximum absolute atomic E-state index is 12.6. The van der Waals surface area contributed by atoms with Crippen LogP contribution in [0.15, 0.2) is 41.1 Å². The molecule has 3 aromatic heterocycles. The summed E-state index contributed by atoms with van der Waals surface area (Å²) in [7, 11) is 0. The Labute approximate surface area is 166 Å². The molecule has 1 amide bonds. The number of carbonyl (C=O) groups excluding carboxylic acids is 1. The van der Waals surface area contributed by atoms with Gasteiger partial charge in [0, 0.05) is 27.9 Å². The van der Waals surface area contributed by atoms with Crippen LogP contribution in [0.3, 0.4) is 0 Å². The minimum Gasteiger partial charge on any atom is -0.361 e. The fourth-order valence-corrected chi connectivity index (χ4v) is 4.42. The predicted octanol–water partition coefficient (Wildman–Crippen LogP) is 5.04. The van der Waals surface area contributed by atoms with Crippen molar-refractivity contribution in [2.75, 3.05) is 5.32 Å². The lowest BCUT2D eigenvalue weighted by molar-refractivity contribution is -0.115. The molecule has 7 heteroatoms. The smallest absolute Gasteiger partial charge is 0.230 e. The van der Waals surface area contributed by atoms with Crippen molar-refractivity contribution >= 4 is 33.8 Å². The monoisotopic (exact) mass is 392 g/mol. The second-order valence-corrected chi connectivity index (χ2v) is 8.51. The van der Waals surface area contributed by atoms with Gasteiger partial charge in [-0.15, -0.1) is 11.3 Å². The fourth-order valence-electron chi connectivity index (χ4n) is 3.52. The van der Waals surface area contributed by atoms with Crippen LogP contribution >= 0.6 is 11.3 Å². The molecule has 0 aliphatic heterocycles. The first kappa shape index (κ1) is 17.2. The number of rotatable bonds is 5. The molecule has 3 heterocycles. The van der Waals surface area contributed by atoms with Crippen LogP contribution < -0.4 is 5.32 Å². The highest BCUT2D eigenvalue weighted by Crippen LogP contribution is 2.38. The Morgan fingerprint density at radius 1 is 1.36 bits per heavy atom. The van der Waals surface area contributed by atoms with Crippen molar-refractivity contribution in [2.45, 2.75) is 38.5 Å². The summed E-state index contributed by atoms with van der Waals surface area (Å²) in [6, 6.07) is 9.93. The van der Waals surface area contributed by atoms with Crippen LogP contribution in [0.4, 0.5) is 5.69 Å². The molecule has 1 saturated carbocycles. The SMILES string of the molecule is Cc1sc(-c2noc(C3CCC3)n2)cc1NC(=O)Cc1c[nH]c2ccccc12. The Bertz CT molecular complexity index is 1150. The first-order valence-corrected chi connectivity index (χ1v) is 10.3. The van der Waals surface area contributed by atoms with Crippen molar-refractivity contribution in [3.63, 3.8) is 0 Å². The van der Waals surface area contributed by atoms with E-state index in [4.69, 9.17) is 4.52 Å². The number of benzene rings is 1. The van der Waals surface area contributed by atoms with Crippen molar-refractivity contribution in [1.29, 1.82) is 0 Å². The second kappa shape index (κ2) is 6.91. The number of aromatic amines is 1. The molecule has 142 valence electrons. The van der Waals surface area contributed by atoms with Crippen LogP contribution in [-0.2, 0) is 11.2 Å². The number of anilines is 1. The van der Waals surface area contributed by atoms with Gasteiger partial charge in [-0.25, -0.2) is 0 Å². The van der Waals surface area contributed by atoms with Crippen molar-refractivity contribution in [1.82, 2.24) is 15.1 Å². The van der Waals surface area contributed by atoms with Gasteiger partial charge in [0.25, 0.3) is 0 Å². The van der Waals surface area contributed by atoms with E-state index < -0.39 is 0 Å². The van der Waals surface area contributed by atoms with E-state index in [9.17, 15) is 4.79 Å². The molecule has 0 spiro atoms. The standard InChI is InChI=1S/C21H20N4O2S/c1-12-17(10-18(28-12)20-24-21(27-25-20)13-5-4-6-13)23-19(26)9-14-11-22-16-8-3-2-7-15(14)16/h2-3,7-8,10-11,13,22H,4-6,9H2,1H3,(H,23,26). The summed E-state index contributed by atoms with van der Waals surface area (Å²) < 4.78 is 5.42. The molecule has 0 unspecified atom stereocenters. The lowest BCUT2D eigenvalue weighted by Crippen LogP contribution is -2.14. The van der Waals surface area contributed by atoms with Crippen LogP contribution in [0.25, 0.3) is 21.6 Å². The summed E-state index contributed by atoms with van der Waals surface area (Å²) >= 11 is 1.56. The summed E-state index contributed by atoms with van der Waals surface area (Å²) in [6.45, 7) is 1.99. The van der Waals surface area contributed by atoms with Gasteiger partial charge in [0.05, 0.1) is 17.0 Å². The Balaban J connectivity index is 1.31. The van der Waals surface area contributed by atoms with Gasteiger partial charge in [-0.2, -0.15) is 4.98 Å². The lowest BCUT2D eigenvalue weighted by atomic mass is 9.85. The molecular weight excluding hydrogens is 372 g/mol. The molecule has 4 aromatic rings. The van der Waals surface area contributed by atoms with Gasteiger partial charge in [0.1, 0.15) is 0 Å². The van der Waals surface area contributed by atoms with Gasteiger partial charge in [-0.05, 0) is 37.5 Å². The van der Waals surface area contributed by atoms with E-state index in [0.717, 1.165) is 50.6 Å². The number of aryl methyl sites for hydroxylation is 1. The summed E-state index contributed by atoms with van der Waals surface area (Å²) in [5, 5.41) is 8.23. The third-order valence-corrected chi connectivity index (χ3v) is 6.38. The van der Waals surface area contributed by atoms with Crippen LogP contribution in [0.1, 0.15) is 41.5 Å². The number of nitrogens with zero attached hydrogens (tertiary/aromatic N) is 2. The van der Waals surface area contributed by atoms with Crippen molar-refractivity contribution < 1.29 is 9.32 Å². The minimum absolute atomic E-state index is 0.0412. The van der Waals surface area contributed by atoms with E-state index in [1.54, 1.807) is 11.3 Å². The van der Waals surface area contributed by atoms with Crippen LogP contribution in [0, 0.1) is 6.92 Å². The summed E-state index contributed by atoms with van der Waals surface area (Å²) in [4.78, 5) is 22.3. The Kier molecular flexibility index (Phi) is 4.24. The summed E-state index contributed by atoms with van der Waals surface area (Å²) in [6.07, 6.45) is 5.70. The highest BCUT2D eigenvalue weighted by molar-refractivity contribution is 7.16. The molecule has 0 radical (unpaired) electrons. The molecule has 1 aromatic carbocycles. The zero-order chi connectivity index (χ0) is 19.1. The molecule has 5 rings (SSSR count). The number of carbonyl (C=O) groups is 1. The Hall–Kier alpha value is -2.93. The minimum atomic E-state index is -0.0412. The highest BCUT2D eigenvalue weighted by atomic mass is 32.1. The van der Waals surface area contributed by atoms with Gasteiger partial charge in [0.15, 0.2) is 0 Å². The number of fused-ring (bicyclic) bond motifs is 1. The van der Waals surface area contributed by atoms with Crippen LogP contribution in [0.5, 0.6) is 0 Å². The average molecular weight is 392 g/mol. The summed E-state index contributed by atoms with van der Waals surface area (Å²) in [5.41, 5.74) is 2.84. The first-order chi connectivity index (χ1) is 13.7. The zero-order valence-corrected chi connectivity index (χ0v) is 16.3. The van der Waals surface area contributed by atoms with E-state index in [1.807, 2.05) is 43.5 Å². The molecule has 1 fully saturated rings. The van der Waals surface area contributed by atoms with Crippen molar-refractivity contribution in [3.8, 4) is 10.7 Å². The highest BCUT2D eigenvalue weighted by Gasteiger charge is 2.26. The number of hydrogen-bond acceptors (Lipinski definition) is 5. The molecule has 28 heavy (non-hydrogen) atoms. The van der Waals surface area contributed by atoms with Gasteiger partial charge >= 0.3 is 0 Å². The van der Waals surface area contributed by atoms with E-state index in [1.165, 1.54) is 6.42 Å². The van der Waals surface area contributed by atoms with E-state index in [-0.39, 0.29) is 5.91 Å². The molecule has 2 N–H and O–H groups in total. The van der Waals surface area contributed by atoms with E-state index in [0.29, 0.717) is 18.2 Å². The van der Waals surface area contributed by atoms with Gasteiger partial charge in [0.2, 0.25) is 17.6 Å². The number of nitrogens with one attached hydrogen (secondary N) is 2. The third-order valence-electron chi connectivity index (χ3n) is 5.33. The number of thiophene rings is 1. The third kappa shape index (κ3) is 3.11. The van der Waals surface area contributed by atoms with E-state index in [2.05, 4.69) is 20.4 Å². The van der Waals surface area contributed by atoms with Crippen molar-refractivity contribution in [2.24, 2.45) is 0 Å². The lowest BCUT2D eigenvalue weighted by Gasteiger charge is -2.20. The van der Waals surface area contributed by atoms with Crippen LogP contribution in [0.2, 0.25) is 0 Å². The molecule has 6 nitrogen and oxygen atoms in total. The molecule has 0 bridgehead atoms. The topological polar surface area (TPSA) is 83.8 Å². The van der Waals surface area contributed by atoms with E-state index >= 15 is 0 Å². The number of amides is 1. The fraction of sp³-hybridized carbons (Fsp3) is 0.286. The average Bonchev–Trinajstić information content (AvgIpc) is 3.34. The molecule has 1 aliphatic carbocycles. The maximum atomic E-state index is 12.6. The quantitative estimate of drug-likeness (QED) is 0.498. The van der Waals surface area contributed by atoms with Gasteiger partial charge < -0.3 is 14.8 Å². The Morgan fingerprint density at radius 3 is 3.04 bits per heavy atom.